The molecule has 4 heteroatoms. The molecule has 1 N–H and O–H groups in total. The van der Waals surface area contributed by atoms with Gasteiger partial charge < -0.3 is 9.84 Å². The maximum Gasteiger partial charge on any atom is 0.308 e. The number of ketones is 1. The summed E-state index contributed by atoms with van der Waals surface area (Å²) in [5.74, 6) is 0.0120. The standard InChI is InChI=1S/C15H28O4/c1-3-9-13(16)10-7-5-4-6-8-11-14(17)12-15(18)19-2/h14,17H,3-12H2,1-2H3. The van der Waals surface area contributed by atoms with Crippen molar-refractivity contribution in [1.82, 2.24) is 0 Å². The van der Waals surface area contributed by atoms with Crippen LogP contribution in [0.25, 0.3) is 0 Å². The monoisotopic (exact) mass is 272 g/mol. The van der Waals surface area contributed by atoms with Crippen molar-refractivity contribution >= 4 is 11.8 Å². The number of carbonyl (C=O) groups excluding carboxylic acids is 2. The summed E-state index contributed by atoms with van der Waals surface area (Å²) in [6.45, 7) is 2.03. The second-order valence-corrected chi connectivity index (χ2v) is 5.03. The Bertz CT molecular complexity index is 251. The first-order chi connectivity index (χ1) is 9.10. The van der Waals surface area contributed by atoms with Crippen molar-refractivity contribution in [2.45, 2.75) is 77.2 Å². The summed E-state index contributed by atoms with van der Waals surface area (Å²) < 4.78 is 4.49. The van der Waals surface area contributed by atoms with Gasteiger partial charge in [-0.2, -0.15) is 0 Å². The summed E-state index contributed by atoms with van der Waals surface area (Å²) >= 11 is 0. The number of methoxy groups -OCH3 is 1. The van der Waals surface area contributed by atoms with Gasteiger partial charge in [-0.25, -0.2) is 0 Å². The molecule has 4 nitrogen and oxygen atoms in total. The molecule has 0 aromatic rings. The lowest BCUT2D eigenvalue weighted by Gasteiger charge is -2.08. The zero-order valence-corrected chi connectivity index (χ0v) is 12.3. The highest BCUT2D eigenvalue weighted by Crippen LogP contribution is 2.11. The Kier molecular flexibility index (Phi) is 11.6. The summed E-state index contributed by atoms with van der Waals surface area (Å²) in [5, 5.41) is 9.54. The van der Waals surface area contributed by atoms with E-state index in [0.717, 1.165) is 38.5 Å². The second kappa shape index (κ2) is 12.2. The van der Waals surface area contributed by atoms with Gasteiger partial charge in [0.1, 0.15) is 5.78 Å². The van der Waals surface area contributed by atoms with Gasteiger partial charge in [0, 0.05) is 12.8 Å². The fourth-order valence-corrected chi connectivity index (χ4v) is 2.01. The van der Waals surface area contributed by atoms with E-state index in [4.69, 9.17) is 0 Å². The molecule has 0 fully saturated rings. The van der Waals surface area contributed by atoms with Gasteiger partial charge in [0.15, 0.2) is 0 Å². The Morgan fingerprint density at radius 3 is 2.32 bits per heavy atom. The zero-order chi connectivity index (χ0) is 14.5. The number of aliphatic hydroxyl groups is 1. The van der Waals surface area contributed by atoms with Crippen LogP contribution in [0.15, 0.2) is 0 Å². The number of ether oxygens (including phenoxy) is 1. The Morgan fingerprint density at radius 1 is 1.05 bits per heavy atom. The van der Waals surface area contributed by atoms with Crippen molar-refractivity contribution in [3.8, 4) is 0 Å². The van der Waals surface area contributed by atoms with Crippen LogP contribution < -0.4 is 0 Å². The van der Waals surface area contributed by atoms with E-state index in [2.05, 4.69) is 4.74 Å². The van der Waals surface area contributed by atoms with Gasteiger partial charge >= 0.3 is 5.97 Å². The molecule has 0 aromatic heterocycles. The van der Waals surface area contributed by atoms with Gasteiger partial charge in [0.2, 0.25) is 0 Å². The van der Waals surface area contributed by atoms with Gasteiger partial charge in [-0.05, 0) is 19.3 Å². The Morgan fingerprint density at radius 2 is 1.68 bits per heavy atom. The smallest absolute Gasteiger partial charge is 0.308 e. The summed E-state index contributed by atoms with van der Waals surface area (Å²) in [6.07, 6.45) is 7.59. The fourth-order valence-electron chi connectivity index (χ4n) is 2.01. The van der Waals surface area contributed by atoms with E-state index in [1.54, 1.807) is 0 Å². The number of esters is 1. The molecule has 0 saturated carbocycles. The molecule has 0 aliphatic heterocycles. The Balaban J connectivity index is 3.31. The maximum absolute atomic E-state index is 11.3. The lowest BCUT2D eigenvalue weighted by Crippen LogP contribution is -2.14. The van der Waals surface area contributed by atoms with Crippen LogP contribution in [-0.2, 0) is 14.3 Å². The van der Waals surface area contributed by atoms with Gasteiger partial charge in [-0.1, -0.05) is 32.6 Å². The molecule has 0 spiro atoms. The second-order valence-electron chi connectivity index (χ2n) is 5.03. The molecule has 0 heterocycles. The normalized spacial score (nSPS) is 12.2. The van der Waals surface area contributed by atoms with Gasteiger partial charge in [-0.15, -0.1) is 0 Å². The molecule has 0 aromatic carbocycles. The van der Waals surface area contributed by atoms with Crippen molar-refractivity contribution in [2.75, 3.05) is 7.11 Å². The third-order valence-electron chi connectivity index (χ3n) is 3.15. The van der Waals surface area contributed by atoms with E-state index in [-0.39, 0.29) is 12.4 Å². The van der Waals surface area contributed by atoms with E-state index in [9.17, 15) is 14.7 Å². The average molecular weight is 272 g/mol. The van der Waals surface area contributed by atoms with Crippen LogP contribution in [0.3, 0.4) is 0 Å². The molecule has 1 unspecified atom stereocenters. The SMILES string of the molecule is CCCC(=O)CCCCCCCC(O)CC(=O)OC. The lowest BCUT2D eigenvalue weighted by molar-refractivity contribution is -0.142. The first kappa shape index (κ1) is 18.1. The predicted molar refractivity (Wildman–Crippen MR) is 74.9 cm³/mol. The summed E-state index contributed by atoms with van der Waals surface area (Å²) in [6, 6.07) is 0. The van der Waals surface area contributed by atoms with Crippen LogP contribution in [-0.4, -0.2) is 30.1 Å². The van der Waals surface area contributed by atoms with Crippen molar-refractivity contribution in [3.05, 3.63) is 0 Å². The highest BCUT2D eigenvalue weighted by Gasteiger charge is 2.10. The average Bonchev–Trinajstić information content (AvgIpc) is 2.37. The van der Waals surface area contributed by atoms with Crippen LogP contribution >= 0.6 is 0 Å². The molecule has 0 bridgehead atoms. The molecule has 0 aliphatic carbocycles. The number of carbonyl (C=O) groups is 2. The van der Waals surface area contributed by atoms with Gasteiger partial charge in [0.05, 0.1) is 19.6 Å². The van der Waals surface area contributed by atoms with Crippen LogP contribution in [0.1, 0.15) is 71.1 Å². The van der Waals surface area contributed by atoms with Crippen molar-refractivity contribution in [3.63, 3.8) is 0 Å². The molecule has 19 heavy (non-hydrogen) atoms. The van der Waals surface area contributed by atoms with Gasteiger partial charge in [0.25, 0.3) is 0 Å². The minimum Gasteiger partial charge on any atom is -0.469 e. The Labute approximate surface area is 116 Å². The highest BCUT2D eigenvalue weighted by molar-refractivity contribution is 5.78. The Hall–Kier alpha value is -0.900. The first-order valence-corrected chi connectivity index (χ1v) is 7.36. The van der Waals surface area contributed by atoms with E-state index in [0.29, 0.717) is 25.0 Å². The molecule has 0 saturated heterocycles. The number of Topliss-reactive ketones (excluding diaryl/α,β-unsaturated/α-hetero) is 1. The van der Waals surface area contributed by atoms with Crippen molar-refractivity contribution in [1.29, 1.82) is 0 Å². The van der Waals surface area contributed by atoms with Crippen LogP contribution in [0, 0.1) is 0 Å². The number of aliphatic hydroxyl groups excluding tert-OH is 1. The van der Waals surface area contributed by atoms with Crippen LogP contribution in [0.2, 0.25) is 0 Å². The van der Waals surface area contributed by atoms with Crippen molar-refractivity contribution in [2.24, 2.45) is 0 Å². The minimum absolute atomic E-state index is 0.0853. The third-order valence-corrected chi connectivity index (χ3v) is 3.15. The molecular formula is C15H28O4. The fraction of sp³-hybridized carbons (Fsp3) is 0.867. The highest BCUT2D eigenvalue weighted by atomic mass is 16.5. The topological polar surface area (TPSA) is 63.6 Å². The van der Waals surface area contributed by atoms with E-state index in [1.165, 1.54) is 7.11 Å². The summed E-state index contributed by atoms with van der Waals surface area (Å²) in [4.78, 5) is 22.2. The van der Waals surface area contributed by atoms with Crippen molar-refractivity contribution < 1.29 is 19.4 Å². The maximum atomic E-state index is 11.3. The number of rotatable bonds is 12. The van der Waals surface area contributed by atoms with E-state index in [1.807, 2.05) is 6.92 Å². The third kappa shape index (κ3) is 11.9. The number of hydrogen-bond donors (Lipinski definition) is 1. The van der Waals surface area contributed by atoms with Crippen LogP contribution in [0.5, 0.6) is 0 Å². The first-order valence-electron chi connectivity index (χ1n) is 7.36. The summed E-state index contributed by atoms with van der Waals surface area (Å²) in [7, 11) is 1.33. The van der Waals surface area contributed by atoms with E-state index < -0.39 is 6.10 Å². The summed E-state index contributed by atoms with van der Waals surface area (Å²) in [5.41, 5.74) is 0. The molecule has 112 valence electrons. The number of unbranched alkanes of at least 4 members (excludes halogenated alkanes) is 4. The minimum atomic E-state index is -0.585. The zero-order valence-electron chi connectivity index (χ0n) is 12.3. The number of hydrogen-bond acceptors (Lipinski definition) is 4. The molecule has 0 radical (unpaired) electrons. The molecule has 0 amide bonds. The molecule has 0 rings (SSSR count). The lowest BCUT2D eigenvalue weighted by atomic mass is 10.0. The molecule has 1 atom stereocenters. The molecule has 0 aliphatic rings. The van der Waals surface area contributed by atoms with Gasteiger partial charge in [-0.3, -0.25) is 9.59 Å². The molecular weight excluding hydrogens is 244 g/mol. The largest absolute Gasteiger partial charge is 0.469 e. The predicted octanol–water partition coefficient (Wildman–Crippen LogP) is 3.01. The van der Waals surface area contributed by atoms with E-state index >= 15 is 0 Å². The quantitative estimate of drug-likeness (QED) is 0.438. The van der Waals surface area contributed by atoms with Crippen LogP contribution in [0.4, 0.5) is 0 Å².